The third kappa shape index (κ3) is 3.00. The second kappa shape index (κ2) is 5.67. The first-order chi connectivity index (χ1) is 8.58. The maximum atomic E-state index is 5.81. The van der Waals surface area contributed by atoms with Crippen LogP contribution >= 0.6 is 0 Å². The summed E-state index contributed by atoms with van der Waals surface area (Å²) in [5.74, 6) is 0. The van der Waals surface area contributed by atoms with E-state index >= 15 is 0 Å². The molecule has 1 atom stereocenters. The molecule has 0 amide bonds. The average molecular weight is 248 g/mol. The van der Waals surface area contributed by atoms with Crippen molar-refractivity contribution in [2.45, 2.75) is 31.8 Å². The Morgan fingerprint density at radius 3 is 2.44 bits per heavy atom. The van der Waals surface area contributed by atoms with Crippen molar-refractivity contribution >= 4 is 5.69 Å². The normalized spacial score (nSPS) is 19.3. The minimum atomic E-state index is 0.0125. The van der Waals surface area contributed by atoms with Gasteiger partial charge in [-0.05, 0) is 46.0 Å². The highest BCUT2D eigenvalue weighted by molar-refractivity contribution is 5.45. The zero-order chi connectivity index (χ0) is 13.1. The molecule has 0 saturated carbocycles. The van der Waals surface area contributed by atoms with Crippen molar-refractivity contribution in [3.05, 3.63) is 24.0 Å². The first-order valence-corrected chi connectivity index (χ1v) is 6.71. The van der Waals surface area contributed by atoms with E-state index in [4.69, 9.17) is 5.73 Å². The number of nitrogens with zero attached hydrogens (tertiary/aromatic N) is 3. The van der Waals surface area contributed by atoms with Crippen LogP contribution in [0.2, 0.25) is 0 Å². The summed E-state index contributed by atoms with van der Waals surface area (Å²) in [6.07, 6.45) is 4.40. The lowest BCUT2D eigenvalue weighted by molar-refractivity contribution is 0.249. The van der Waals surface area contributed by atoms with Crippen LogP contribution < -0.4 is 10.6 Å². The molecule has 1 aliphatic rings. The van der Waals surface area contributed by atoms with E-state index in [1.54, 1.807) is 0 Å². The maximum absolute atomic E-state index is 5.81. The van der Waals surface area contributed by atoms with Gasteiger partial charge in [0.25, 0.3) is 0 Å². The van der Waals surface area contributed by atoms with Gasteiger partial charge >= 0.3 is 0 Å². The summed E-state index contributed by atoms with van der Waals surface area (Å²) in [5, 5.41) is 0. The summed E-state index contributed by atoms with van der Waals surface area (Å²) in [6, 6.07) is 4.91. The summed E-state index contributed by atoms with van der Waals surface area (Å²) in [6.45, 7) is 4.19. The molecule has 1 aromatic heterocycles. The average Bonchev–Trinajstić information content (AvgIpc) is 2.39. The largest absolute Gasteiger partial charge is 0.370 e. The van der Waals surface area contributed by atoms with Gasteiger partial charge in [-0.15, -0.1) is 0 Å². The third-order valence-corrected chi connectivity index (χ3v) is 3.80. The molecule has 0 aliphatic carbocycles. The summed E-state index contributed by atoms with van der Waals surface area (Å²) in [7, 11) is 4.33. The highest BCUT2D eigenvalue weighted by Gasteiger charge is 2.20. The lowest BCUT2D eigenvalue weighted by Crippen LogP contribution is -2.42. The Kier molecular flexibility index (Phi) is 4.19. The van der Waals surface area contributed by atoms with E-state index in [-0.39, 0.29) is 6.04 Å². The Morgan fingerprint density at radius 2 is 2.00 bits per heavy atom. The Bertz CT molecular complexity index is 364. The van der Waals surface area contributed by atoms with Crippen molar-refractivity contribution in [1.82, 2.24) is 9.88 Å². The van der Waals surface area contributed by atoms with Gasteiger partial charge in [-0.1, -0.05) is 0 Å². The van der Waals surface area contributed by atoms with Crippen LogP contribution in [0.5, 0.6) is 0 Å². The van der Waals surface area contributed by atoms with Gasteiger partial charge in [0, 0.05) is 25.2 Å². The summed E-state index contributed by atoms with van der Waals surface area (Å²) >= 11 is 0. The van der Waals surface area contributed by atoms with Gasteiger partial charge in [-0.2, -0.15) is 0 Å². The quantitative estimate of drug-likeness (QED) is 0.883. The predicted octanol–water partition coefficient (Wildman–Crippen LogP) is 1.63. The maximum Gasteiger partial charge on any atom is 0.0569 e. The smallest absolute Gasteiger partial charge is 0.0569 e. The molecular weight excluding hydrogens is 224 g/mol. The van der Waals surface area contributed by atoms with Crippen LogP contribution in [0.3, 0.4) is 0 Å². The van der Waals surface area contributed by atoms with Crippen molar-refractivity contribution in [2.24, 2.45) is 5.73 Å². The third-order valence-electron chi connectivity index (χ3n) is 3.80. The minimum absolute atomic E-state index is 0.0125. The van der Waals surface area contributed by atoms with Crippen LogP contribution in [0, 0.1) is 0 Å². The second-order valence-electron chi connectivity index (χ2n) is 5.41. The lowest BCUT2D eigenvalue weighted by atomic mass is 10.0. The number of aromatic nitrogens is 1. The van der Waals surface area contributed by atoms with Gasteiger partial charge in [-0.25, -0.2) is 0 Å². The fourth-order valence-electron chi connectivity index (χ4n) is 2.49. The van der Waals surface area contributed by atoms with E-state index in [1.807, 2.05) is 19.2 Å². The Balaban J connectivity index is 1.97. The molecule has 2 N–H and O–H groups in total. The first-order valence-electron chi connectivity index (χ1n) is 6.71. The van der Waals surface area contributed by atoms with Crippen molar-refractivity contribution in [3.8, 4) is 0 Å². The van der Waals surface area contributed by atoms with Crippen LogP contribution in [0.1, 0.15) is 31.5 Å². The number of hydrogen-bond acceptors (Lipinski definition) is 4. The lowest BCUT2D eigenvalue weighted by Gasteiger charge is -2.36. The highest BCUT2D eigenvalue weighted by Crippen LogP contribution is 2.21. The molecule has 0 spiro atoms. The zero-order valence-corrected chi connectivity index (χ0v) is 11.6. The van der Waals surface area contributed by atoms with Crippen LogP contribution in [0.15, 0.2) is 18.3 Å². The molecule has 2 rings (SSSR count). The number of piperidine rings is 1. The van der Waals surface area contributed by atoms with Gasteiger partial charge in [0.05, 0.1) is 17.6 Å². The minimum Gasteiger partial charge on any atom is -0.370 e. The van der Waals surface area contributed by atoms with Gasteiger partial charge in [0.15, 0.2) is 0 Å². The molecule has 0 bridgehead atoms. The molecule has 1 aromatic rings. The predicted molar refractivity (Wildman–Crippen MR) is 75.8 cm³/mol. The summed E-state index contributed by atoms with van der Waals surface area (Å²) < 4.78 is 0. The Labute approximate surface area is 110 Å². The zero-order valence-electron chi connectivity index (χ0n) is 11.6. The van der Waals surface area contributed by atoms with E-state index in [0.717, 1.165) is 24.8 Å². The standard InChI is InChI=1S/C14H24N4/c1-11(15)14-5-4-13(10-16-14)18-8-6-12(7-9-18)17(2)3/h4-5,10-12H,6-9,15H2,1-3H3. The van der Waals surface area contributed by atoms with Gasteiger partial charge in [0.2, 0.25) is 0 Å². The van der Waals surface area contributed by atoms with Crippen molar-refractivity contribution in [2.75, 3.05) is 32.1 Å². The van der Waals surface area contributed by atoms with Gasteiger partial charge in [-0.3, -0.25) is 4.98 Å². The van der Waals surface area contributed by atoms with Crippen LogP contribution in [0.25, 0.3) is 0 Å². The summed E-state index contributed by atoms with van der Waals surface area (Å²) in [5.41, 5.74) is 7.99. The molecule has 1 unspecified atom stereocenters. The van der Waals surface area contributed by atoms with Gasteiger partial charge in [0.1, 0.15) is 0 Å². The van der Waals surface area contributed by atoms with E-state index < -0.39 is 0 Å². The molecule has 0 aromatic carbocycles. The SMILES string of the molecule is CC(N)c1ccc(N2CCC(N(C)C)CC2)cn1. The molecule has 1 aliphatic heterocycles. The van der Waals surface area contributed by atoms with Crippen molar-refractivity contribution in [3.63, 3.8) is 0 Å². The topological polar surface area (TPSA) is 45.4 Å². The number of nitrogens with two attached hydrogens (primary N) is 1. The molecule has 1 fully saturated rings. The van der Waals surface area contributed by atoms with E-state index in [1.165, 1.54) is 18.5 Å². The summed E-state index contributed by atoms with van der Waals surface area (Å²) in [4.78, 5) is 9.17. The fraction of sp³-hybridized carbons (Fsp3) is 0.643. The van der Waals surface area contributed by atoms with Crippen LogP contribution in [-0.2, 0) is 0 Å². The Hall–Kier alpha value is -1.13. The van der Waals surface area contributed by atoms with Crippen molar-refractivity contribution in [1.29, 1.82) is 0 Å². The molecule has 4 nitrogen and oxygen atoms in total. The molecule has 0 radical (unpaired) electrons. The number of anilines is 1. The van der Waals surface area contributed by atoms with Gasteiger partial charge < -0.3 is 15.5 Å². The molecule has 2 heterocycles. The number of rotatable bonds is 3. The van der Waals surface area contributed by atoms with Crippen LogP contribution in [-0.4, -0.2) is 43.1 Å². The van der Waals surface area contributed by atoms with E-state index in [9.17, 15) is 0 Å². The number of pyridine rings is 1. The molecular formula is C14H24N4. The first kappa shape index (κ1) is 13.3. The molecule has 100 valence electrons. The van der Waals surface area contributed by atoms with E-state index in [0.29, 0.717) is 0 Å². The second-order valence-corrected chi connectivity index (χ2v) is 5.41. The Morgan fingerprint density at radius 1 is 1.33 bits per heavy atom. The number of hydrogen-bond donors (Lipinski definition) is 1. The van der Waals surface area contributed by atoms with Crippen LogP contribution in [0.4, 0.5) is 5.69 Å². The molecule has 1 saturated heterocycles. The van der Waals surface area contributed by atoms with E-state index in [2.05, 4.69) is 34.9 Å². The highest BCUT2D eigenvalue weighted by atomic mass is 15.2. The fourth-order valence-corrected chi connectivity index (χ4v) is 2.49. The molecule has 4 heteroatoms. The monoisotopic (exact) mass is 248 g/mol. The molecule has 18 heavy (non-hydrogen) atoms. The van der Waals surface area contributed by atoms with Crippen molar-refractivity contribution < 1.29 is 0 Å².